The number of hydrogen-bond donors (Lipinski definition) is 1. The Morgan fingerprint density at radius 2 is 2.29 bits per heavy atom. The molecule has 14 heavy (non-hydrogen) atoms. The molecule has 0 unspecified atom stereocenters. The molecule has 0 fully saturated rings. The highest BCUT2D eigenvalue weighted by atomic mass is 79.9. The lowest BCUT2D eigenvalue weighted by atomic mass is 9.88. The summed E-state index contributed by atoms with van der Waals surface area (Å²) in [6.07, 6.45) is 3.31. The molecule has 0 radical (unpaired) electrons. The summed E-state index contributed by atoms with van der Waals surface area (Å²) in [6.45, 7) is 0. The summed E-state index contributed by atoms with van der Waals surface area (Å²) in [7, 11) is 1.71. The molecule has 2 nitrogen and oxygen atoms in total. The maximum Gasteiger partial charge on any atom is 0.136 e. The summed E-state index contributed by atoms with van der Waals surface area (Å²) in [5, 5.41) is 0. The number of rotatable bonds is 1. The third-order valence-electron chi connectivity index (χ3n) is 2.79. The first kappa shape index (κ1) is 9.99. The summed E-state index contributed by atoms with van der Waals surface area (Å²) in [6, 6.07) is 4.30. The van der Waals surface area contributed by atoms with Crippen LogP contribution in [0.3, 0.4) is 0 Å². The SMILES string of the molecule is COc1c(Br)ccc2c1CCC[C@@H]2N. The second-order valence-corrected chi connectivity index (χ2v) is 4.50. The summed E-state index contributed by atoms with van der Waals surface area (Å²) >= 11 is 3.49. The van der Waals surface area contributed by atoms with Crippen molar-refractivity contribution in [1.82, 2.24) is 0 Å². The van der Waals surface area contributed by atoms with Crippen molar-refractivity contribution in [1.29, 1.82) is 0 Å². The highest BCUT2D eigenvalue weighted by Crippen LogP contribution is 2.38. The van der Waals surface area contributed by atoms with Gasteiger partial charge in [0.05, 0.1) is 11.6 Å². The maximum atomic E-state index is 6.05. The number of nitrogens with two attached hydrogens (primary N) is 1. The van der Waals surface area contributed by atoms with E-state index < -0.39 is 0 Å². The van der Waals surface area contributed by atoms with Crippen molar-refractivity contribution < 1.29 is 4.74 Å². The van der Waals surface area contributed by atoms with E-state index in [2.05, 4.69) is 22.0 Å². The molecule has 0 aliphatic heterocycles. The molecule has 1 atom stereocenters. The second-order valence-electron chi connectivity index (χ2n) is 3.65. The van der Waals surface area contributed by atoms with Crippen LogP contribution in [0.2, 0.25) is 0 Å². The van der Waals surface area contributed by atoms with Crippen molar-refractivity contribution in [3.05, 3.63) is 27.7 Å². The molecular weight excluding hydrogens is 242 g/mol. The van der Waals surface area contributed by atoms with Crippen molar-refractivity contribution in [3.8, 4) is 5.75 Å². The average Bonchev–Trinajstić information content (AvgIpc) is 2.18. The molecule has 0 bridgehead atoms. The van der Waals surface area contributed by atoms with Crippen LogP contribution < -0.4 is 10.5 Å². The number of fused-ring (bicyclic) bond motifs is 1. The van der Waals surface area contributed by atoms with Crippen LogP contribution in [-0.2, 0) is 6.42 Å². The minimum Gasteiger partial charge on any atom is -0.495 e. The number of benzene rings is 1. The molecular formula is C11H14BrNO. The molecule has 1 aliphatic rings. The normalized spacial score (nSPS) is 20.4. The van der Waals surface area contributed by atoms with E-state index in [1.165, 1.54) is 11.1 Å². The van der Waals surface area contributed by atoms with Gasteiger partial charge in [-0.1, -0.05) is 6.07 Å². The Bertz CT molecular complexity index is 351. The molecule has 3 heteroatoms. The van der Waals surface area contributed by atoms with Gasteiger partial charge in [0.15, 0.2) is 0 Å². The van der Waals surface area contributed by atoms with Crippen molar-refractivity contribution in [2.24, 2.45) is 5.73 Å². The number of hydrogen-bond acceptors (Lipinski definition) is 2. The standard InChI is InChI=1S/C11H14BrNO/c1-14-11-8-3-2-4-10(13)7(8)5-6-9(11)12/h5-6,10H,2-4,13H2,1H3/t10-/m0/s1. The first-order chi connectivity index (χ1) is 6.74. The third-order valence-corrected chi connectivity index (χ3v) is 3.42. The Morgan fingerprint density at radius 1 is 1.50 bits per heavy atom. The Hall–Kier alpha value is -0.540. The summed E-state index contributed by atoms with van der Waals surface area (Å²) < 4.78 is 6.41. The average molecular weight is 256 g/mol. The molecule has 0 amide bonds. The predicted molar refractivity (Wildman–Crippen MR) is 60.6 cm³/mol. The van der Waals surface area contributed by atoms with Crippen LogP contribution >= 0.6 is 15.9 Å². The number of ether oxygens (including phenoxy) is 1. The topological polar surface area (TPSA) is 35.2 Å². The van der Waals surface area contributed by atoms with Crippen molar-refractivity contribution >= 4 is 15.9 Å². The molecule has 0 saturated heterocycles. The Morgan fingerprint density at radius 3 is 3.00 bits per heavy atom. The van der Waals surface area contributed by atoms with Gasteiger partial charge in [-0.15, -0.1) is 0 Å². The van der Waals surface area contributed by atoms with E-state index in [0.717, 1.165) is 29.5 Å². The van der Waals surface area contributed by atoms with E-state index in [1.54, 1.807) is 7.11 Å². The van der Waals surface area contributed by atoms with Crippen molar-refractivity contribution in [2.75, 3.05) is 7.11 Å². The van der Waals surface area contributed by atoms with Crippen LogP contribution in [0.25, 0.3) is 0 Å². The van der Waals surface area contributed by atoms with E-state index >= 15 is 0 Å². The zero-order chi connectivity index (χ0) is 10.1. The molecule has 1 aliphatic carbocycles. The fraction of sp³-hybridized carbons (Fsp3) is 0.455. The molecule has 1 aromatic carbocycles. The van der Waals surface area contributed by atoms with E-state index in [-0.39, 0.29) is 6.04 Å². The number of methoxy groups -OCH3 is 1. The molecule has 0 heterocycles. The third kappa shape index (κ3) is 1.55. The molecule has 0 spiro atoms. The lowest BCUT2D eigenvalue weighted by Crippen LogP contribution is -2.18. The number of halogens is 1. The van der Waals surface area contributed by atoms with Crippen LogP contribution in [0, 0.1) is 0 Å². The first-order valence-electron chi connectivity index (χ1n) is 4.85. The quantitative estimate of drug-likeness (QED) is 0.838. The molecule has 1 aromatic rings. The minimum absolute atomic E-state index is 0.181. The molecule has 76 valence electrons. The molecule has 2 rings (SSSR count). The molecule has 2 N–H and O–H groups in total. The fourth-order valence-electron chi connectivity index (χ4n) is 2.09. The predicted octanol–water partition coefficient (Wildman–Crippen LogP) is 2.79. The first-order valence-corrected chi connectivity index (χ1v) is 5.64. The fourth-order valence-corrected chi connectivity index (χ4v) is 2.63. The highest BCUT2D eigenvalue weighted by Gasteiger charge is 2.21. The zero-order valence-corrected chi connectivity index (χ0v) is 9.80. The Labute approximate surface area is 92.6 Å². The summed E-state index contributed by atoms with van der Waals surface area (Å²) in [4.78, 5) is 0. The van der Waals surface area contributed by atoms with Gasteiger partial charge < -0.3 is 10.5 Å². The Balaban J connectivity index is 2.55. The van der Waals surface area contributed by atoms with Gasteiger partial charge in [0.2, 0.25) is 0 Å². The van der Waals surface area contributed by atoms with Crippen LogP contribution in [0.15, 0.2) is 16.6 Å². The van der Waals surface area contributed by atoms with Crippen molar-refractivity contribution in [3.63, 3.8) is 0 Å². The lowest BCUT2D eigenvalue weighted by molar-refractivity contribution is 0.400. The lowest BCUT2D eigenvalue weighted by Gasteiger charge is -2.24. The van der Waals surface area contributed by atoms with E-state index in [1.807, 2.05) is 6.07 Å². The summed E-state index contributed by atoms with van der Waals surface area (Å²) in [5.74, 6) is 0.956. The monoisotopic (exact) mass is 255 g/mol. The van der Waals surface area contributed by atoms with Gasteiger partial charge in [-0.05, 0) is 46.8 Å². The van der Waals surface area contributed by atoms with Crippen LogP contribution in [0.1, 0.15) is 30.0 Å². The summed E-state index contributed by atoms with van der Waals surface area (Å²) in [5.41, 5.74) is 8.57. The largest absolute Gasteiger partial charge is 0.495 e. The second kappa shape index (κ2) is 3.91. The van der Waals surface area contributed by atoms with Gasteiger partial charge in [0.1, 0.15) is 5.75 Å². The van der Waals surface area contributed by atoms with Crippen LogP contribution in [-0.4, -0.2) is 7.11 Å². The van der Waals surface area contributed by atoms with Gasteiger partial charge >= 0.3 is 0 Å². The van der Waals surface area contributed by atoms with Crippen LogP contribution in [0.5, 0.6) is 5.75 Å². The van der Waals surface area contributed by atoms with Crippen molar-refractivity contribution in [2.45, 2.75) is 25.3 Å². The van der Waals surface area contributed by atoms with Gasteiger partial charge in [-0.2, -0.15) is 0 Å². The highest BCUT2D eigenvalue weighted by molar-refractivity contribution is 9.10. The minimum atomic E-state index is 0.181. The van der Waals surface area contributed by atoms with E-state index in [0.29, 0.717) is 0 Å². The van der Waals surface area contributed by atoms with E-state index in [4.69, 9.17) is 10.5 Å². The molecule has 0 aromatic heterocycles. The van der Waals surface area contributed by atoms with Gasteiger partial charge in [0, 0.05) is 11.6 Å². The van der Waals surface area contributed by atoms with Gasteiger partial charge in [-0.25, -0.2) is 0 Å². The smallest absolute Gasteiger partial charge is 0.136 e. The van der Waals surface area contributed by atoms with Gasteiger partial charge in [-0.3, -0.25) is 0 Å². The zero-order valence-electron chi connectivity index (χ0n) is 8.22. The van der Waals surface area contributed by atoms with E-state index in [9.17, 15) is 0 Å². The Kier molecular flexibility index (Phi) is 2.79. The molecule has 0 saturated carbocycles. The van der Waals surface area contributed by atoms with Crippen LogP contribution in [0.4, 0.5) is 0 Å². The maximum absolute atomic E-state index is 6.05. The van der Waals surface area contributed by atoms with Gasteiger partial charge in [0.25, 0.3) is 0 Å².